The highest BCUT2D eigenvalue weighted by molar-refractivity contribution is 7.99. The van der Waals surface area contributed by atoms with Crippen LogP contribution in [-0.2, 0) is 6.18 Å². The van der Waals surface area contributed by atoms with Crippen LogP contribution < -0.4 is 5.73 Å². The van der Waals surface area contributed by atoms with E-state index in [-0.39, 0.29) is 5.69 Å². The lowest BCUT2D eigenvalue weighted by Crippen LogP contribution is -2.05. The van der Waals surface area contributed by atoms with Crippen LogP contribution in [0.3, 0.4) is 0 Å². The minimum atomic E-state index is -4.32. The molecule has 0 aliphatic heterocycles. The SMILES string of the molecule is CC(C)CCCSc1ccc(C(F)(F)F)cc1N. The zero-order valence-electron chi connectivity index (χ0n) is 10.6. The first-order valence-corrected chi connectivity index (χ1v) is 6.89. The summed E-state index contributed by atoms with van der Waals surface area (Å²) in [5, 5.41) is 0. The van der Waals surface area contributed by atoms with Gasteiger partial charge in [-0.1, -0.05) is 20.3 Å². The van der Waals surface area contributed by atoms with Crippen LogP contribution in [0, 0.1) is 5.92 Å². The quantitative estimate of drug-likeness (QED) is 0.474. The minimum absolute atomic E-state index is 0.208. The number of rotatable bonds is 5. The summed E-state index contributed by atoms with van der Waals surface area (Å²) < 4.78 is 37.3. The topological polar surface area (TPSA) is 26.0 Å². The van der Waals surface area contributed by atoms with E-state index >= 15 is 0 Å². The van der Waals surface area contributed by atoms with Gasteiger partial charge in [0.25, 0.3) is 0 Å². The van der Waals surface area contributed by atoms with Crippen molar-refractivity contribution in [2.24, 2.45) is 5.92 Å². The van der Waals surface area contributed by atoms with Crippen molar-refractivity contribution in [1.82, 2.24) is 0 Å². The van der Waals surface area contributed by atoms with E-state index in [0.29, 0.717) is 5.92 Å². The fraction of sp³-hybridized carbons (Fsp3) is 0.538. The highest BCUT2D eigenvalue weighted by Crippen LogP contribution is 2.34. The van der Waals surface area contributed by atoms with Gasteiger partial charge >= 0.3 is 6.18 Å². The van der Waals surface area contributed by atoms with Gasteiger partial charge in [0, 0.05) is 10.6 Å². The van der Waals surface area contributed by atoms with Crippen molar-refractivity contribution in [3.05, 3.63) is 23.8 Å². The van der Waals surface area contributed by atoms with E-state index in [1.54, 1.807) is 0 Å². The predicted octanol–water partition coefficient (Wildman–Crippen LogP) is 4.82. The monoisotopic (exact) mass is 277 g/mol. The van der Waals surface area contributed by atoms with E-state index in [1.165, 1.54) is 17.8 Å². The number of anilines is 1. The highest BCUT2D eigenvalue weighted by atomic mass is 32.2. The molecule has 0 aliphatic carbocycles. The summed E-state index contributed by atoms with van der Waals surface area (Å²) in [6, 6.07) is 3.55. The third-order valence-electron chi connectivity index (χ3n) is 2.52. The molecule has 0 fully saturated rings. The Bertz CT molecular complexity index is 388. The van der Waals surface area contributed by atoms with E-state index in [4.69, 9.17) is 5.73 Å². The molecule has 0 saturated heterocycles. The summed E-state index contributed by atoms with van der Waals surface area (Å²) >= 11 is 1.52. The first-order valence-electron chi connectivity index (χ1n) is 5.90. The maximum atomic E-state index is 12.4. The average molecular weight is 277 g/mol. The number of nitrogen functional groups attached to an aromatic ring is 1. The number of nitrogens with two attached hydrogens (primary N) is 1. The van der Waals surface area contributed by atoms with Crippen molar-refractivity contribution < 1.29 is 13.2 Å². The molecule has 0 atom stereocenters. The summed E-state index contributed by atoms with van der Waals surface area (Å²) in [6.45, 7) is 4.30. The predicted molar refractivity (Wildman–Crippen MR) is 70.7 cm³/mol. The molecule has 2 N–H and O–H groups in total. The molecule has 0 saturated carbocycles. The largest absolute Gasteiger partial charge is 0.416 e. The molecule has 1 aromatic carbocycles. The van der Waals surface area contributed by atoms with Gasteiger partial charge in [-0.2, -0.15) is 13.2 Å². The average Bonchev–Trinajstić information content (AvgIpc) is 2.24. The zero-order chi connectivity index (χ0) is 13.8. The molecular weight excluding hydrogens is 259 g/mol. The van der Waals surface area contributed by atoms with E-state index in [0.717, 1.165) is 35.6 Å². The number of hydrogen-bond acceptors (Lipinski definition) is 2. The molecule has 0 spiro atoms. The summed E-state index contributed by atoms with van der Waals surface area (Å²) in [5.74, 6) is 1.53. The second-order valence-corrected chi connectivity index (χ2v) is 5.77. The van der Waals surface area contributed by atoms with Gasteiger partial charge < -0.3 is 5.73 Å². The molecule has 0 aromatic heterocycles. The van der Waals surface area contributed by atoms with Crippen molar-refractivity contribution in [2.45, 2.75) is 37.8 Å². The third-order valence-corrected chi connectivity index (χ3v) is 3.70. The second kappa shape index (κ2) is 6.36. The van der Waals surface area contributed by atoms with Crippen LogP contribution in [-0.4, -0.2) is 5.75 Å². The van der Waals surface area contributed by atoms with Crippen LogP contribution >= 0.6 is 11.8 Å². The molecule has 0 radical (unpaired) electrons. The molecule has 5 heteroatoms. The maximum absolute atomic E-state index is 12.4. The number of thioether (sulfide) groups is 1. The van der Waals surface area contributed by atoms with Crippen LogP contribution in [0.1, 0.15) is 32.3 Å². The van der Waals surface area contributed by atoms with Crippen molar-refractivity contribution in [3.63, 3.8) is 0 Å². The first kappa shape index (κ1) is 15.2. The normalized spacial score (nSPS) is 12.1. The fourth-order valence-electron chi connectivity index (χ4n) is 1.53. The minimum Gasteiger partial charge on any atom is -0.398 e. The van der Waals surface area contributed by atoms with E-state index < -0.39 is 11.7 Å². The molecule has 1 aromatic rings. The lowest BCUT2D eigenvalue weighted by molar-refractivity contribution is -0.137. The summed E-state index contributed by atoms with van der Waals surface area (Å²) in [7, 11) is 0. The number of alkyl halides is 3. The van der Waals surface area contributed by atoms with Gasteiger partial charge in [-0.25, -0.2) is 0 Å². The Kier molecular flexibility index (Phi) is 5.38. The van der Waals surface area contributed by atoms with Gasteiger partial charge in [-0.3, -0.25) is 0 Å². The lowest BCUT2D eigenvalue weighted by atomic mass is 10.1. The van der Waals surface area contributed by atoms with E-state index in [9.17, 15) is 13.2 Å². The summed E-state index contributed by atoms with van der Waals surface area (Å²) in [5.41, 5.74) is 5.16. The summed E-state index contributed by atoms with van der Waals surface area (Å²) in [6.07, 6.45) is -2.16. The molecule has 1 nitrogen and oxygen atoms in total. The molecule has 18 heavy (non-hydrogen) atoms. The van der Waals surface area contributed by atoms with Gasteiger partial charge in [0.15, 0.2) is 0 Å². The van der Waals surface area contributed by atoms with Gasteiger partial charge in [0.2, 0.25) is 0 Å². The number of halogens is 3. The standard InChI is InChI=1S/C13H18F3NS/c1-9(2)4-3-7-18-12-6-5-10(8-11(12)17)13(14,15)16/h5-6,8-9H,3-4,7,17H2,1-2H3. The van der Waals surface area contributed by atoms with Crippen molar-refractivity contribution in [3.8, 4) is 0 Å². The van der Waals surface area contributed by atoms with Crippen molar-refractivity contribution >= 4 is 17.4 Å². The molecule has 0 unspecified atom stereocenters. The van der Waals surface area contributed by atoms with Crippen molar-refractivity contribution in [2.75, 3.05) is 11.5 Å². The number of hydrogen-bond donors (Lipinski definition) is 1. The Morgan fingerprint density at radius 1 is 1.28 bits per heavy atom. The van der Waals surface area contributed by atoms with E-state index in [2.05, 4.69) is 13.8 Å². The lowest BCUT2D eigenvalue weighted by Gasteiger charge is -2.10. The molecule has 102 valence electrons. The number of benzene rings is 1. The van der Waals surface area contributed by atoms with Gasteiger partial charge in [0.1, 0.15) is 0 Å². The molecule has 0 amide bonds. The fourth-order valence-corrected chi connectivity index (χ4v) is 2.45. The van der Waals surface area contributed by atoms with Gasteiger partial charge in [-0.15, -0.1) is 11.8 Å². The van der Waals surface area contributed by atoms with Gasteiger partial charge in [-0.05, 0) is 36.3 Å². The van der Waals surface area contributed by atoms with Crippen LogP contribution in [0.5, 0.6) is 0 Å². The Balaban J connectivity index is 2.58. The Labute approximate surface area is 110 Å². The molecule has 0 heterocycles. The maximum Gasteiger partial charge on any atom is 0.416 e. The zero-order valence-corrected chi connectivity index (χ0v) is 11.4. The highest BCUT2D eigenvalue weighted by Gasteiger charge is 2.30. The molecule has 0 bridgehead atoms. The summed E-state index contributed by atoms with van der Waals surface area (Å²) in [4.78, 5) is 0.728. The van der Waals surface area contributed by atoms with Crippen LogP contribution in [0.15, 0.2) is 23.1 Å². The van der Waals surface area contributed by atoms with Gasteiger partial charge in [0.05, 0.1) is 5.56 Å². The Hall–Kier alpha value is -0.840. The van der Waals surface area contributed by atoms with Crippen LogP contribution in [0.2, 0.25) is 0 Å². The van der Waals surface area contributed by atoms with Crippen LogP contribution in [0.4, 0.5) is 18.9 Å². The van der Waals surface area contributed by atoms with Crippen molar-refractivity contribution in [1.29, 1.82) is 0 Å². The first-order chi connectivity index (χ1) is 8.30. The third kappa shape index (κ3) is 4.80. The Morgan fingerprint density at radius 3 is 2.44 bits per heavy atom. The molecular formula is C13H18F3NS. The molecule has 0 aliphatic rings. The van der Waals surface area contributed by atoms with Crippen LogP contribution in [0.25, 0.3) is 0 Å². The Morgan fingerprint density at radius 2 is 1.94 bits per heavy atom. The molecule has 1 rings (SSSR count). The van der Waals surface area contributed by atoms with E-state index in [1.807, 2.05) is 0 Å². The second-order valence-electron chi connectivity index (χ2n) is 4.63. The smallest absolute Gasteiger partial charge is 0.398 e.